The van der Waals surface area contributed by atoms with Crippen LogP contribution in [0.4, 0.5) is 21.7 Å². The third-order valence-corrected chi connectivity index (χ3v) is 5.75. The molecule has 0 saturated carbocycles. The van der Waals surface area contributed by atoms with Crippen molar-refractivity contribution in [3.05, 3.63) is 40.9 Å². The molecule has 0 aliphatic carbocycles. The SMILES string of the molecule is CC(C)CN(c1ncc([C@H](C)CC(=O)O)cc1Nc1ccc(Cl)c(F)n1)C1CCOCC1. The smallest absolute Gasteiger partial charge is 0.303 e. The Kier molecular flexibility index (Phi) is 8.26. The number of carbonyl (C=O) groups is 1. The highest BCUT2D eigenvalue weighted by atomic mass is 35.5. The highest BCUT2D eigenvalue weighted by Crippen LogP contribution is 2.34. The monoisotopic (exact) mass is 464 g/mol. The Morgan fingerprint density at radius 2 is 2.06 bits per heavy atom. The molecule has 174 valence electrons. The summed E-state index contributed by atoms with van der Waals surface area (Å²) < 4.78 is 19.5. The first kappa shape index (κ1) is 24.2. The minimum Gasteiger partial charge on any atom is -0.481 e. The molecule has 0 aromatic carbocycles. The van der Waals surface area contributed by atoms with Crippen LogP contribution in [-0.4, -0.2) is 46.8 Å². The molecule has 2 aromatic rings. The fraction of sp³-hybridized carbons (Fsp3) is 0.522. The third-order valence-electron chi connectivity index (χ3n) is 5.47. The molecule has 0 unspecified atom stereocenters. The standard InChI is InChI=1S/C23H30ClFN4O3/c1-14(2)13-29(17-6-8-32-9-7-17)23-19(27-20-5-4-18(24)22(25)28-20)11-16(12-26-23)15(3)10-21(30)31/h4-5,11-12,14-15,17H,6-10,13H2,1-3H3,(H,27,28)(H,30,31)/t15-/m1/s1. The van der Waals surface area contributed by atoms with Crippen molar-refractivity contribution in [3.63, 3.8) is 0 Å². The van der Waals surface area contributed by atoms with Crippen LogP contribution in [0.25, 0.3) is 0 Å². The molecule has 1 aliphatic rings. The van der Waals surface area contributed by atoms with Crippen LogP contribution in [0.2, 0.25) is 5.02 Å². The Morgan fingerprint density at radius 1 is 1.34 bits per heavy atom. The number of anilines is 3. The number of hydrogen-bond donors (Lipinski definition) is 2. The van der Waals surface area contributed by atoms with Crippen molar-refractivity contribution in [1.82, 2.24) is 9.97 Å². The number of rotatable bonds is 9. The molecule has 1 saturated heterocycles. The number of halogens is 2. The largest absolute Gasteiger partial charge is 0.481 e. The summed E-state index contributed by atoms with van der Waals surface area (Å²) in [5.74, 6) is -0.440. The maximum atomic E-state index is 14.0. The van der Waals surface area contributed by atoms with Gasteiger partial charge in [-0.05, 0) is 48.4 Å². The van der Waals surface area contributed by atoms with E-state index < -0.39 is 11.9 Å². The van der Waals surface area contributed by atoms with E-state index in [1.165, 1.54) is 6.07 Å². The minimum atomic E-state index is -0.874. The van der Waals surface area contributed by atoms with Crippen molar-refractivity contribution in [1.29, 1.82) is 0 Å². The van der Waals surface area contributed by atoms with Gasteiger partial charge in [0.25, 0.3) is 0 Å². The average Bonchev–Trinajstić information content (AvgIpc) is 2.75. The first-order valence-corrected chi connectivity index (χ1v) is 11.3. The van der Waals surface area contributed by atoms with Crippen LogP contribution < -0.4 is 10.2 Å². The second kappa shape index (κ2) is 10.9. The third kappa shape index (κ3) is 6.29. The number of carboxylic acids is 1. The van der Waals surface area contributed by atoms with Gasteiger partial charge in [0.2, 0.25) is 5.95 Å². The molecule has 2 aromatic heterocycles. The van der Waals surface area contributed by atoms with Crippen LogP contribution in [0.15, 0.2) is 24.4 Å². The zero-order valence-corrected chi connectivity index (χ0v) is 19.4. The Hall–Kier alpha value is -2.45. The molecule has 0 spiro atoms. The van der Waals surface area contributed by atoms with E-state index in [0.29, 0.717) is 30.6 Å². The molecule has 0 radical (unpaired) electrons. The number of aliphatic carboxylic acids is 1. The van der Waals surface area contributed by atoms with Crippen LogP contribution in [0.5, 0.6) is 0 Å². The van der Waals surface area contributed by atoms with Gasteiger partial charge < -0.3 is 20.1 Å². The topological polar surface area (TPSA) is 87.6 Å². The average molecular weight is 465 g/mol. The molecular weight excluding hydrogens is 435 g/mol. The zero-order valence-electron chi connectivity index (χ0n) is 18.6. The first-order valence-electron chi connectivity index (χ1n) is 10.9. The predicted molar refractivity (Wildman–Crippen MR) is 123 cm³/mol. The highest BCUT2D eigenvalue weighted by Gasteiger charge is 2.26. The normalized spacial score (nSPS) is 15.6. The van der Waals surface area contributed by atoms with E-state index in [4.69, 9.17) is 21.3 Å². The lowest BCUT2D eigenvalue weighted by atomic mass is 9.98. The van der Waals surface area contributed by atoms with E-state index in [0.717, 1.165) is 30.8 Å². The summed E-state index contributed by atoms with van der Waals surface area (Å²) >= 11 is 5.79. The Morgan fingerprint density at radius 3 is 2.69 bits per heavy atom. The van der Waals surface area contributed by atoms with Crippen LogP contribution in [0, 0.1) is 11.9 Å². The van der Waals surface area contributed by atoms with E-state index in [2.05, 4.69) is 29.0 Å². The molecule has 1 aliphatic heterocycles. The summed E-state index contributed by atoms with van der Waals surface area (Å²) in [7, 11) is 0. The Labute approximate surface area is 193 Å². The molecule has 0 bridgehead atoms. The molecule has 9 heteroatoms. The van der Waals surface area contributed by atoms with Gasteiger partial charge in [-0.15, -0.1) is 0 Å². The number of ether oxygens (including phenoxy) is 1. The molecule has 3 rings (SSSR count). The van der Waals surface area contributed by atoms with Gasteiger partial charge in [-0.2, -0.15) is 4.39 Å². The number of carboxylic acid groups (broad SMARTS) is 1. The molecule has 32 heavy (non-hydrogen) atoms. The number of pyridine rings is 2. The van der Waals surface area contributed by atoms with Gasteiger partial charge in [0.1, 0.15) is 5.82 Å². The fourth-order valence-corrected chi connectivity index (χ4v) is 3.97. The lowest BCUT2D eigenvalue weighted by Crippen LogP contribution is -2.42. The molecule has 1 atom stereocenters. The van der Waals surface area contributed by atoms with Crippen molar-refractivity contribution >= 4 is 34.9 Å². The Bertz CT molecular complexity index is 937. The van der Waals surface area contributed by atoms with Crippen LogP contribution >= 0.6 is 11.6 Å². The molecule has 1 fully saturated rings. The van der Waals surface area contributed by atoms with E-state index in [1.54, 1.807) is 12.3 Å². The minimum absolute atomic E-state index is 0.00996. The molecule has 2 N–H and O–H groups in total. The second-order valence-electron chi connectivity index (χ2n) is 8.62. The van der Waals surface area contributed by atoms with Crippen LogP contribution in [-0.2, 0) is 9.53 Å². The van der Waals surface area contributed by atoms with Crippen molar-refractivity contribution in [3.8, 4) is 0 Å². The molecular formula is C23H30ClFN4O3. The van der Waals surface area contributed by atoms with E-state index in [1.807, 2.05) is 13.0 Å². The van der Waals surface area contributed by atoms with E-state index >= 15 is 0 Å². The maximum absolute atomic E-state index is 14.0. The Balaban J connectivity index is 2.03. The van der Waals surface area contributed by atoms with Gasteiger partial charge in [-0.25, -0.2) is 9.97 Å². The first-order chi connectivity index (χ1) is 15.2. The number of nitrogens with zero attached hydrogens (tertiary/aromatic N) is 3. The summed E-state index contributed by atoms with van der Waals surface area (Å²) in [6, 6.07) is 5.19. The van der Waals surface area contributed by atoms with Gasteiger partial charge in [0, 0.05) is 32.0 Å². The number of nitrogens with one attached hydrogen (secondary N) is 1. The summed E-state index contributed by atoms with van der Waals surface area (Å²) in [6.45, 7) is 8.33. The summed E-state index contributed by atoms with van der Waals surface area (Å²) in [5.41, 5.74) is 1.44. The quantitative estimate of drug-likeness (QED) is 0.491. The summed E-state index contributed by atoms with van der Waals surface area (Å²) in [4.78, 5) is 22.1. The zero-order chi connectivity index (χ0) is 23.3. The number of hydrogen-bond acceptors (Lipinski definition) is 6. The van der Waals surface area contributed by atoms with Crippen LogP contribution in [0.1, 0.15) is 51.5 Å². The molecule has 7 nitrogen and oxygen atoms in total. The fourth-order valence-electron chi connectivity index (χ4n) is 3.87. The second-order valence-corrected chi connectivity index (χ2v) is 9.03. The highest BCUT2D eigenvalue weighted by molar-refractivity contribution is 6.30. The predicted octanol–water partition coefficient (Wildman–Crippen LogP) is 5.23. The van der Waals surface area contributed by atoms with Crippen molar-refractivity contribution in [2.75, 3.05) is 30.0 Å². The van der Waals surface area contributed by atoms with E-state index in [9.17, 15) is 14.3 Å². The summed E-state index contributed by atoms with van der Waals surface area (Å²) in [6.07, 6.45) is 3.50. The van der Waals surface area contributed by atoms with E-state index in [-0.39, 0.29) is 23.4 Å². The van der Waals surface area contributed by atoms with Gasteiger partial charge >= 0.3 is 5.97 Å². The lowest BCUT2D eigenvalue weighted by Gasteiger charge is -2.37. The molecule has 3 heterocycles. The van der Waals surface area contributed by atoms with Crippen molar-refractivity contribution in [2.45, 2.75) is 52.0 Å². The van der Waals surface area contributed by atoms with Gasteiger partial charge in [-0.1, -0.05) is 32.4 Å². The van der Waals surface area contributed by atoms with Gasteiger partial charge in [0.05, 0.1) is 17.1 Å². The summed E-state index contributed by atoms with van der Waals surface area (Å²) in [5, 5.41) is 12.3. The molecule has 0 amide bonds. The van der Waals surface area contributed by atoms with Gasteiger partial charge in [-0.3, -0.25) is 4.79 Å². The van der Waals surface area contributed by atoms with Gasteiger partial charge in [0.15, 0.2) is 5.82 Å². The number of aromatic nitrogens is 2. The van der Waals surface area contributed by atoms with Crippen LogP contribution in [0.3, 0.4) is 0 Å². The maximum Gasteiger partial charge on any atom is 0.303 e. The van der Waals surface area contributed by atoms with Crippen molar-refractivity contribution in [2.24, 2.45) is 5.92 Å². The lowest BCUT2D eigenvalue weighted by molar-refractivity contribution is -0.137. The van der Waals surface area contributed by atoms with Crippen molar-refractivity contribution < 1.29 is 19.0 Å².